The molecule has 1 aromatic heterocycles. The van der Waals surface area contributed by atoms with Gasteiger partial charge in [0.2, 0.25) is 0 Å². The van der Waals surface area contributed by atoms with E-state index in [1.54, 1.807) is 12.1 Å². The molecule has 3 aromatic carbocycles. The average Bonchev–Trinajstić information content (AvgIpc) is 3.33. The van der Waals surface area contributed by atoms with E-state index in [4.69, 9.17) is 15.0 Å². The maximum Gasteiger partial charge on any atom is 0.269 e. The van der Waals surface area contributed by atoms with Crippen LogP contribution in [0.2, 0.25) is 0 Å². The second-order valence-electron chi connectivity index (χ2n) is 6.69. The van der Waals surface area contributed by atoms with E-state index in [1.165, 1.54) is 12.1 Å². The van der Waals surface area contributed by atoms with Gasteiger partial charge in [-0.05, 0) is 34.5 Å². The van der Waals surface area contributed by atoms with Crippen molar-refractivity contribution in [3.05, 3.63) is 82.1 Å². The van der Waals surface area contributed by atoms with Gasteiger partial charge in [-0.15, -0.1) is 0 Å². The molecule has 4 aromatic rings. The number of non-ortho nitro benzene ring substituents is 1. The fourth-order valence-electron chi connectivity index (χ4n) is 3.61. The summed E-state index contributed by atoms with van der Waals surface area (Å²) in [5.41, 5.74) is 9.13. The third-order valence-electron chi connectivity index (χ3n) is 5.02. The van der Waals surface area contributed by atoms with Crippen LogP contribution in [-0.4, -0.2) is 10.6 Å². The first-order valence-corrected chi connectivity index (χ1v) is 8.79. The molecule has 138 valence electrons. The van der Waals surface area contributed by atoms with Crippen molar-refractivity contribution in [2.24, 2.45) is 5.16 Å². The summed E-state index contributed by atoms with van der Waals surface area (Å²) in [7, 11) is 0. The molecule has 0 fully saturated rings. The topological polar surface area (TPSA) is 104 Å². The van der Waals surface area contributed by atoms with Crippen molar-refractivity contribution in [2.45, 2.75) is 12.5 Å². The van der Waals surface area contributed by atoms with Crippen LogP contribution in [0.4, 0.5) is 11.4 Å². The molecule has 0 aliphatic carbocycles. The molecule has 0 radical (unpaired) electrons. The summed E-state index contributed by atoms with van der Waals surface area (Å²) < 4.78 is 6.00. The van der Waals surface area contributed by atoms with Crippen molar-refractivity contribution < 1.29 is 14.2 Å². The van der Waals surface area contributed by atoms with Gasteiger partial charge in [0.15, 0.2) is 11.9 Å². The fraction of sp³-hybridized carbons (Fsp3) is 0.0952. The smallest absolute Gasteiger partial charge is 0.269 e. The van der Waals surface area contributed by atoms with Gasteiger partial charge >= 0.3 is 0 Å². The molecular formula is C21H15N3O4. The van der Waals surface area contributed by atoms with Gasteiger partial charge in [-0.2, -0.15) is 0 Å². The van der Waals surface area contributed by atoms with E-state index in [9.17, 15) is 10.1 Å². The van der Waals surface area contributed by atoms with Crippen molar-refractivity contribution >= 4 is 38.8 Å². The Balaban J connectivity index is 1.49. The number of nitro groups is 1. The molecule has 1 unspecified atom stereocenters. The third kappa shape index (κ3) is 2.48. The lowest BCUT2D eigenvalue weighted by Gasteiger charge is -2.07. The maximum absolute atomic E-state index is 10.8. The first-order chi connectivity index (χ1) is 13.6. The zero-order valence-corrected chi connectivity index (χ0v) is 14.7. The summed E-state index contributed by atoms with van der Waals surface area (Å²) in [4.78, 5) is 15.9. The summed E-state index contributed by atoms with van der Waals surface area (Å²) >= 11 is 0. The highest BCUT2D eigenvalue weighted by atomic mass is 16.6. The number of nitrogen functional groups attached to an aromatic ring is 1. The highest BCUT2D eigenvalue weighted by Crippen LogP contribution is 2.38. The quantitative estimate of drug-likeness (QED) is 0.404. The van der Waals surface area contributed by atoms with Crippen LogP contribution in [0.15, 0.2) is 70.2 Å². The van der Waals surface area contributed by atoms with E-state index < -0.39 is 4.92 Å². The molecule has 5 rings (SSSR count). The minimum atomic E-state index is -0.430. The van der Waals surface area contributed by atoms with Gasteiger partial charge in [0.25, 0.3) is 5.69 Å². The second-order valence-corrected chi connectivity index (χ2v) is 6.69. The van der Waals surface area contributed by atoms with Crippen LogP contribution in [0.3, 0.4) is 0 Å². The van der Waals surface area contributed by atoms with Crippen LogP contribution in [0.1, 0.15) is 23.8 Å². The van der Waals surface area contributed by atoms with Crippen molar-refractivity contribution in [3.63, 3.8) is 0 Å². The molecule has 0 saturated heterocycles. The van der Waals surface area contributed by atoms with E-state index >= 15 is 0 Å². The number of anilines is 1. The Morgan fingerprint density at radius 1 is 1.07 bits per heavy atom. The molecule has 1 aliphatic heterocycles. The van der Waals surface area contributed by atoms with Gasteiger partial charge in [-0.3, -0.25) is 10.1 Å². The summed E-state index contributed by atoms with van der Waals surface area (Å²) in [6.07, 6.45) is 0.139. The molecular weight excluding hydrogens is 358 g/mol. The molecule has 1 atom stereocenters. The number of oxime groups is 1. The number of nitro benzene ring substituents is 1. The molecule has 0 amide bonds. The number of rotatable bonds is 3. The summed E-state index contributed by atoms with van der Waals surface area (Å²) in [6, 6.07) is 18.2. The van der Waals surface area contributed by atoms with Crippen LogP contribution in [0.25, 0.3) is 21.7 Å². The normalized spacial score (nSPS) is 16.3. The molecule has 7 nitrogen and oxygen atoms in total. The summed E-state index contributed by atoms with van der Waals surface area (Å²) in [6.45, 7) is 0. The largest absolute Gasteiger partial charge is 0.452 e. The van der Waals surface area contributed by atoms with Crippen molar-refractivity contribution in [3.8, 4) is 0 Å². The zero-order chi connectivity index (χ0) is 19.3. The number of furan rings is 1. The lowest BCUT2D eigenvalue weighted by atomic mass is 10.0. The van der Waals surface area contributed by atoms with Gasteiger partial charge in [-0.25, -0.2) is 0 Å². The van der Waals surface area contributed by atoms with E-state index in [2.05, 4.69) is 5.16 Å². The molecule has 2 N–H and O–H groups in total. The number of hydrogen-bond acceptors (Lipinski definition) is 6. The molecule has 1 aliphatic rings. The van der Waals surface area contributed by atoms with Crippen molar-refractivity contribution in [2.75, 3.05) is 5.73 Å². The van der Waals surface area contributed by atoms with Gasteiger partial charge in [-0.1, -0.05) is 35.5 Å². The number of hydrogen-bond donors (Lipinski definition) is 1. The molecule has 28 heavy (non-hydrogen) atoms. The number of fused-ring (bicyclic) bond motifs is 3. The van der Waals surface area contributed by atoms with Crippen LogP contribution >= 0.6 is 0 Å². The van der Waals surface area contributed by atoms with E-state index in [0.717, 1.165) is 21.7 Å². The minimum Gasteiger partial charge on any atom is -0.452 e. The van der Waals surface area contributed by atoms with E-state index in [1.807, 2.05) is 36.4 Å². The third-order valence-corrected chi connectivity index (χ3v) is 5.02. The van der Waals surface area contributed by atoms with E-state index in [-0.39, 0.29) is 11.8 Å². The Kier molecular flexibility index (Phi) is 3.55. The first kappa shape index (κ1) is 16.3. The SMILES string of the molecule is Nc1c(C2=NOC(c3ccc([N+](=O)[O-])cc3)C2)oc2ccc3ccccc3c12. The summed E-state index contributed by atoms with van der Waals surface area (Å²) in [5.74, 6) is 0.510. The number of nitrogens with zero attached hydrogens (tertiary/aromatic N) is 2. The van der Waals surface area contributed by atoms with Gasteiger partial charge in [0.05, 0.1) is 16.0 Å². The molecule has 0 spiro atoms. The average molecular weight is 373 g/mol. The van der Waals surface area contributed by atoms with Gasteiger partial charge < -0.3 is 15.0 Å². The Labute approximate surface area is 159 Å². The Hall–Kier alpha value is -3.87. The standard InChI is InChI=1S/C21H15N3O4/c22-20-19-15-4-2-1-3-12(15)7-10-17(19)27-21(20)16-11-18(28-23-16)13-5-8-14(9-6-13)24(25)26/h1-10,18H,11,22H2. The summed E-state index contributed by atoms with van der Waals surface area (Å²) in [5, 5.41) is 18.0. The van der Waals surface area contributed by atoms with Gasteiger partial charge in [0, 0.05) is 18.6 Å². The van der Waals surface area contributed by atoms with Crippen LogP contribution in [-0.2, 0) is 4.84 Å². The lowest BCUT2D eigenvalue weighted by Crippen LogP contribution is -2.03. The van der Waals surface area contributed by atoms with Crippen LogP contribution in [0, 0.1) is 10.1 Å². The zero-order valence-electron chi connectivity index (χ0n) is 14.7. The predicted octanol–water partition coefficient (Wildman–Crippen LogP) is 4.94. The Bertz CT molecular complexity index is 1260. The van der Waals surface area contributed by atoms with Crippen molar-refractivity contribution in [1.29, 1.82) is 0 Å². The highest BCUT2D eigenvalue weighted by Gasteiger charge is 2.29. The Morgan fingerprint density at radius 3 is 2.64 bits per heavy atom. The number of nitrogens with two attached hydrogens (primary N) is 1. The molecule has 2 heterocycles. The molecule has 7 heteroatoms. The van der Waals surface area contributed by atoms with Crippen molar-refractivity contribution in [1.82, 2.24) is 0 Å². The fourth-order valence-corrected chi connectivity index (χ4v) is 3.61. The Morgan fingerprint density at radius 2 is 1.86 bits per heavy atom. The van der Waals surface area contributed by atoms with Crippen LogP contribution in [0.5, 0.6) is 0 Å². The molecule has 0 saturated carbocycles. The van der Waals surface area contributed by atoms with Gasteiger partial charge in [0.1, 0.15) is 11.3 Å². The van der Waals surface area contributed by atoms with E-state index in [0.29, 0.717) is 29.2 Å². The second kappa shape index (κ2) is 6.09. The highest BCUT2D eigenvalue weighted by molar-refractivity contribution is 6.17. The van der Waals surface area contributed by atoms with Crippen LogP contribution < -0.4 is 5.73 Å². The predicted molar refractivity (Wildman–Crippen MR) is 106 cm³/mol. The minimum absolute atomic E-state index is 0.0382. The monoisotopic (exact) mass is 373 g/mol. The maximum atomic E-state index is 10.8. The number of benzene rings is 3. The lowest BCUT2D eigenvalue weighted by molar-refractivity contribution is -0.384. The molecule has 0 bridgehead atoms. The first-order valence-electron chi connectivity index (χ1n) is 8.79.